The molecule has 4 aromatic rings. The van der Waals surface area contributed by atoms with Crippen molar-refractivity contribution in [3.05, 3.63) is 82.0 Å². The van der Waals surface area contributed by atoms with Gasteiger partial charge >= 0.3 is 0 Å². The number of nitrogens with one attached hydrogen (secondary N) is 2. The highest BCUT2D eigenvalue weighted by molar-refractivity contribution is 6.06. The summed E-state index contributed by atoms with van der Waals surface area (Å²) in [5, 5.41) is 10.3. The first kappa shape index (κ1) is 38.0. The molecular formula is C43H46F4N8O4. The van der Waals surface area contributed by atoms with E-state index in [4.69, 9.17) is 4.74 Å². The Labute approximate surface area is 338 Å². The third kappa shape index (κ3) is 6.58. The highest BCUT2D eigenvalue weighted by Gasteiger charge is 2.44. The van der Waals surface area contributed by atoms with Crippen LogP contribution >= 0.6 is 0 Å². The second-order valence-corrected chi connectivity index (χ2v) is 17.0. The number of aromatic nitrogens is 2. The number of H-pyrrole nitrogens is 1. The van der Waals surface area contributed by atoms with Gasteiger partial charge in [0.2, 0.25) is 11.8 Å². The number of fused-ring (bicyclic) bond motifs is 8. The molecular weight excluding hydrogens is 769 g/mol. The van der Waals surface area contributed by atoms with Gasteiger partial charge in [0, 0.05) is 79.5 Å². The van der Waals surface area contributed by atoms with Gasteiger partial charge in [-0.05, 0) is 80.0 Å². The zero-order chi connectivity index (χ0) is 40.7. The normalized spacial score (nSPS) is 25.3. The van der Waals surface area contributed by atoms with E-state index in [2.05, 4.69) is 25.3 Å². The number of nitrogens with zero attached hydrogens (tertiary/aromatic N) is 6. The fourth-order valence-electron chi connectivity index (χ4n) is 10.7. The molecule has 3 saturated heterocycles. The smallest absolute Gasteiger partial charge is 0.255 e. The molecule has 10 rings (SSSR count). The maximum Gasteiger partial charge on any atom is 0.255 e. The summed E-state index contributed by atoms with van der Waals surface area (Å²) in [5.74, 6) is -1.36. The van der Waals surface area contributed by atoms with Crippen molar-refractivity contribution in [1.29, 1.82) is 0 Å². The zero-order valence-corrected chi connectivity index (χ0v) is 32.7. The van der Waals surface area contributed by atoms with Gasteiger partial charge in [-0.15, -0.1) is 0 Å². The van der Waals surface area contributed by atoms with E-state index in [9.17, 15) is 23.2 Å². The quantitative estimate of drug-likeness (QED) is 0.197. The lowest BCUT2D eigenvalue weighted by molar-refractivity contribution is -0.136. The minimum atomic E-state index is -2.67. The van der Waals surface area contributed by atoms with Crippen molar-refractivity contribution in [3.8, 4) is 5.75 Å². The Morgan fingerprint density at radius 3 is 2.51 bits per heavy atom. The van der Waals surface area contributed by atoms with Crippen LogP contribution in [-0.4, -0.2) is 120 Å². The number of anilines is 2. The number of carbonyl (C=O) groups is 3. The topological polar surface area (TPSA) is 117 Å². The maximum atomic E-state index is 16.3. The van der Waals surface area contributed by atoms with Gasteiger partial charge in [-0.1, -0.05) is 6.07 Å². The Kier molecular flexibility index (Phi) is 9.54. The average Bonchev–Trinajstić information content (AvgIpc) is 3.83. The predicted molar refractivity (Wildman–Crippen MR) is 211 cm³/mol. The molecule has 2 N–H and O–H groups in total. The van der Waals surface area contributed by atoms with Crippen molar-refractivity contribution >= 4 is 40.0 Å². The molecule has 6 aliphatic rings. The standard InChI is InChI=1S/C43H46F4N8O4/c1-23-14-29-27(2-4-34-30(29)17-48-50-34)40(54(23)21-37(46)47)39-32(44)15-25(16-33(39)45)52-10-8-24(9-11-52)18-51-12-13-53-26(19-51)22-59-41-31-20-55(36-6-7-38(56)49-42(36)57)43(58)28(31)3-5-35(41)53/h2-5,15-17,23-24,26,36-37,40H,6-14,18-22H2,1H3,(H,48,50)(H,49,56,57)/t23?,26-,36?,40-/m0/s1. The third-order valence-electron chi connectivity index (χ3n) is 13.6. The molecule has 12 nitrogen and oxygen atoms in total. The number of piperidine rings is 2. The number of ether oxygens (including phenoxy) is 1. The van der Waals surface area contributed by atoms with Gasteiger partial charge in [0.05, 0.1) is 42.6 Å². The van der Waals surface area contributed by atoms with Gasteiger partial charge in [0.25, 0.3) is 12.3 Å². The molecule has 0 radical (unpaired) electrons. The molecule has 4 atom stereocenters. The molecule has 3 amide bonds. The highest BCUT2D eigenvalue weighted by Crippen LogP contribution is 2.45. The molecule has 1 aromatic heterocycles. The number of halogens is 4. The number of alkyl halides is 2. The number of amides is 3. The van der Waals surface area contributed by atoms with E-state index in [-0.39, 0.29) is 42.4 Å². The Balaban J connectivity index is 0.786. The fourth-order valence-corrected chi connectivity index (χ4v) is 10.7. The number of piperazine rings is 1. The first-order valence-corrected chi connectivity index (χ1v) is 20.7. The summed E-state index contributed by atoms with van der Waals surface area (Å²) in [7, 11) is 0. The first-order chi connectivity index (χ1) is 28.5. The van der Waals surface area contributed by atoms with Crippen LogP contribution in [0, 0.1) is 17.6 Å². The fraction of sp³-hybridized carbons (Fsp3) is 0.488. The SMILES string of the molecule is CC1Cc2c(ccc3[nH]ncc23)[C@@H](c2c(F)cc(N3CCC(CN4CCN5c6ccc7c(c6OC[C@@H]5C4)CN(C4CCC(=O)NC4=O)C7=O)CC3)cc2F)N1CC(F)F. The summed E-state index contributed by atoms with van der Waals surface area (Å²) in [6.07, 6.45) is 1.69. The lowest BCUT2D eigenvalue weighted by Crippen LogP contribution is -2.58. The number of benzene rings is 3. The molecule has 59 heavy (non-hydrogen) atoms. The monoisotopic (exact) mass is 814 g/mol. The van der Waals surface area contributed by atoms with Crippen molar-refractivity contribution < 1.29 is 36.7 Å². The average molecular weight is 815 g/mol. The van der Waals surface area contributed by atoms with Crippen LogP contribution in [0.3, 0.4) is 0 Å². The van der Waals surface area contributed by atoms with Gasteiger partial charge in [0.1, 0.15) is 30.0 Å². The van der Waals surface area contributed by atoms with E-state index in [1.807, 2.05) is 24.0 Å². The van der Waals surface area contributed by atoms with Gasteiger partial charge in [0.15, 0.2) is 0 Å². The van der Waals surface area contributed by atoms with Gasteiger partial charge in [-0.25, -0.2) is 17.6 Å². The predicted octanol–water partition coefficient (Wildman–Crippen LogP) is 5.00. The Morgan fingerprint density at radius 2 is 1.75 bits per heavy atom. The van der Waals surface area contributed by atoms with Crippen LogP contribution in [0.5, 0.6) is 5.75 Å². The highest BCUT2D eigenvalue weighted by atomic mass is 19.3. The van der Waals surface area contributed by atoms with E-state index in [1.165, 1.54) is 17.0 Å². The van der Waals surface area contributed by atoms with Gasteiger partial charge in [-0.3, -0.25) is 34.6 Å². The van der Waals surface area contributed by atoms with Gasteiger partial charge in [-0.2, -0.15) is 5.10 Å². The lowest BCUT2D eigenvalue weighted by Gasteiger charge is -2.47. The minimum absolute atomic E-state index is 0.128. The van der Waals surface area contributed by atoms with Crippen LogP contribution in [0.4, 0.5) is 28.9 Å². The molecule has 0 saturated carbocycles. The number of aromatic amines is 1. The molecule has 3 fully saturated rings. The number of imide groups is 1. The third-order valence-corrected chi connectivity index (χ3v) is 13.6. The van der Waals surface area contributed by atoms with Crippen molar-refractivity contribution in [1.82, 2.24) is 30.2 Å². The molecule has 2 unspecified atom stereocenters. The molecule has 0 aliphatic carbocycles. The van der Waals surface area contributed by atoms with Crippen LogP contribution in [0.2, 0.25) is 0 Å². The Bertz CT molecular complexity index is 2330. The lowest BCUT2D eigenvalue weighted by atomic mass is 9.83. The summed E-state index contributed by atoms with van der Waals surface area (Å²) in [4.78, 5) is 47.6. The summed E-state index contributed by atoms with van der Waals surface area (Å²) in [6, 6.07) is 8.13. The number of hydrogen-bond acceptors (Lipinski definition) is 9. The second-order valence-electron chi connectivity index (χ2n) is 17.0. The van der Waals surface area contributed by atoms with Crippen LogP contribution in [-0.2, 0) is 22.6 Å². The summed E-state index contributed by atoms with van der Waals surface area (Å²) in [6.45, 7) is 6.59. The number of carbonyl (C=O) groups excluding carboxylic acids is 3. The maximum absolute atomic E-state index is 16.3. The number of rotatable bonds is 7. The van der Waals surface area contributed by atoms with Crippen molar-refractivity contribution in [2.45, 2.75) is 76.2 Å². The minimum Gasteiger partial charge on any atom is -0.489 e. The number of hydrogen-bond donors (Lipinski definition) is 2. The summed E-state index contributed by atoms with van der Waals surface area (Å²) in [5.41, 5.74) is 4.81. The molecule has 0 spiro atoms. The molecule has 16 heteroatoms. The van der Waals surface area contributed by atoms with Crippen LogP contribution in [0.25, 0.3) is 10.9 Å². The van der Waals surface area contributed by atoms with Crippen LogP contribution < -0.4 is 19.9 Å². The van der Waals surface area contributed by atoms with Crippen molar-refractivity contribution in [2.75, 3.05) is 62.2 Å². The molecule has 6 aliphatic heterocycles. The van der Waals surface area contributed by atoms with E-state index < -0.39 is 42.6 Å². The van der Waals surface area contributed by atoms with Crippen molar-refractivity contribution in [3.63, 3.8) is 0 Å². The molecule has 0 bridgehead atoms. The van der Waals surface area contributed by atoms with E-state index in [0.717, 1.165) is 66.7 Å². The van der Waals surface area contributed by atoms with E-state index in [1.54, 1.807) is 23.2 Å². The van der Waals surface area contributed by atoms with Crippen LogP contribution in [0.1, 0.15) is 71.3 Å². The van der Waals surface area contributed by atoms with Gasteiger partial charge < -0.3 is 19.4 Å². The first-order valence-electron chi connectivity index (χ1n) is 20.7. The Hall–Kier alpha value is -5.22. The van der Waals surface area contributed by atoms with E-state index >= 15 is 8.78 Å². The summed E-state index contributed by atoms with van der Waals surface area (Å²) < 4.78 is 66.8. The summed E-state index contributed by atoms with van der Waals surface area (Å²) >= 11 is 0. The van der Waals surface area contributed by atoms with Crippen LogP contribution in [0.15, 0.2) is 42.6 Å². The van der Waals surface area contributed by atoms with Crippen molar-refractivity contribution in [2.24, 2.45) is 5.92 Å². The largest absolute Gasteiger partial charge is 0.489 e. The molecule has 310 valence electrons. The molecule has 7 heterocycles. The Morgan fingerprint density at radius 1 is 0.949 bits per heavy atom. The zero-order valence-electron chi connectivity index (χ0n) is 32.7. The second kappa shape index (κ2) is 14.8. The molecule has 3 aromatic carbocycles. The van der Waals surface area contributed by atoms with E-state index in [0.29, 0.717) is 61.0 Å².